The lowest BCUT2D eigenvalue weighted by Gasteiger charge is -2.39. The number of nitrogens with one attached hydrogen (secondary N) is 1. The third kappa shape index (κ3) is 3.35. The Morgan fingerprint density at radius 1 is 1.21 bits per heavy atom. The number of aliphatic imine (C=N–C) groups is 1. The van der Waals surface area contributed by atoms with Crippen LogP contribution in [0.4, 0.5) is 9.93 Å². The van der Waals surface area contributed by atoms with Crippen LogP contribution in [0.15, 0.2) is 35.3 Å². The second kappa shape index (κ2) is 7.28. The minimum Gasteiger partial charge on any atom is -0.338 e. The molecule has 1 saturated heterocycles. The topological polar surface area (TPSA) is 98.2 Å². The minimum absolute atomic E-state index is 0.0639. The highest BCUT2D eigenvalue weighted by Gasteiger charge is 2.48. The van der Waals surface area contributed by atoms with Crippen molar-refractivity contribution in [2.24, 2.45) is 4.99 Å². The molecule has 0 saturated carbocycles. The van der Waals surface area contributed by atoms with Crippen molar-refractivity contribution in [2.75, 3.05) is 26.0 Å². The molecule has 1 fully saturated rings. The molecule has 3 heterocycles. The third-order valence-electron chi connectivity index (χ3n) is 4.99. The van der Waals surface area contributed by atoms with E-state index in [9.17, 15) is 14.4 Å². The molecule has 1 N–H and O–H groups in total. The maximum Gasteiger partial charge on any atom is 0.328 e. The molecule has 2 aliphatic heterocycles. The van der Waals surface area contributed by atoms with Crippen molar-refractivity contribution >= 4 is 40.7 Å². The smallest absolute Gasteiger partial charge is 0.328 e. The molecular formula is C19H20N6O3S. The van der Waals surface area contributed by atoms with E-state index in [1.54, 1.807) is 11.9 Å². The van der Waals surface area contributed by atoms with E-state index < -0.39 is 18.2 Å². The number of hydrogen-bond donors (Lipinski definition) is 1. The molecule has 4 amide bonds. The van der Waals surface area contributed by atoms with E-state index in [-0.39, 0.29) is 18.4 Å². The highest BCUT2D eigenvalue weighted by atomic mass is 32.1. The summed E-state index contributed by atoms with van der Waals surface area (Å²) in [5.74, 6) is -0.680. The van der Waals surface area contributed by atoms with Gasteiger partial charge in [0.15, 0.2) is 17.3 Å². The Morgan fingerprint density at radius 3 is 2.66 bits per heavy atom. The van der Waals surface area contributed by atoms with Gasteiger partial charge in [0.25, 0.3) is 5.91 Å². The average Bonchev–Trinajstić information content (AvgIpc) is 3.28. The third-order valence-corrected chi connectivity index (χ3v) is 5.88. The molecular weight excluding hydrogens is 392 g/mol. The van der Waals surface area contributed by atoms with Crippen molar-refractivity contribution < 1.29 is 14.4 Å². The number of benzene rings is 1. The van der Waals surface area contributed by atoms with Crippen molar-refractivity contribution in [3.63, 3.8) is 0 Å². The van der Waals surface area contributed by atoms with E-state index in [1.807, 2.05) is 37.3 Å². The summed E-state index contributed by atoms with van der Waals surface area (Å²) >= 11 is 1.40. The summed E-state index contributed by atoms with van der Waals surface area (Å²) in [6.07, 6.45) is 0.837. The lowest BCUT2D eigenvalue weighted by Crippen LogP contribution is -2.64. The Balaban J connectivity index is 1.45. The number of carbonyl (C=O) groups is 3. The Bertz CT molecular complexity index is 1000. The molecule has 1 aromatic heterocycles. The van der Waals surface area contributed by atoms with Gasteiger partial charge in [0.05, 0.1) is 18.6 Å². The highest BCUT2D eigenvalue weighted by Crippen LogP contribution is 2.30. The Morgan fingerprint density at radius 2 is 1.93 bits per heavy atom. The summed E-state index contributed by atoms with van der Waals surface area (Å²) in [5, 5.41) is 3.30. The molecule has 0 radical (unpaired) electrons. The molecule has 0 bridgehead atoms. The van der Waals surface area contributed by atoms with E-state index in [4.69, 9.17) is 0 Å². The molecule has 150 valence electrons. The van der Waals surface area contributed by atoms with Gasteiger partial charge in [0.1, 0.15) is 0 Å². The largest absolute Gasteiger partial charge is 0.338 e. The van der Waals surface area contributed by atoms with Crippen molar-refractivity contribution in [1.82, 2.24) is 19.7 Å². The first kappa shape index (κ1) is 19.1. The Labute approximate surface area is 171 Å². The summed E-state index contributed by atoms with van der Waals surface area (Å²) in [6.45, 7) is 1.89. The van der Waals surface area contributed by atoms with Crippen molar-refractivity contribution in [1.29, 1.82) is 0 Å². The van der Waals surface area contributed by atoms with Crippen LogP contribution in [0.5, 0.6) is 0 Å². The van der Waals surface area contributed by atoms with E-state index in [0.29, 0.717) is 5.13 Å². The summed E-state index contributed by atoms with van der Waals surface area (Å²) < 4.78 is 0. The van der Waals surface area contributed by atoms with Crippen molar-refractivity contribution in [3.05, 3.63) is 35.2 Å². The van der Waals surface area contributed by atoms with Crippen LogP contribution in [0, 0.1) is 6.92 Å². The molecule has 2 aliphatic rings. The van der Waals surface area contributed by atoms with Crippen molar-refractivity contribution in [2.45, 2.75) is 19.1 Å². The molecule has 1 aromatic carbocycles. The molecule has 2 aromatic rings. The van der Waals surface area contributed by atoms with Gasteiger partial charge in [-0.25, -0.2) is 14.8 Å². The number of urea groups is 1. The Kier molecular flexibility index (Phi) is 4.79. The second-order valence-corrected chi connectivity index (χ2v) is 8.13. The van der Waals surface area contributed by atoms with Crippen molar-refractivity contribution in [3.8, 4) is 11.3 Å². The van der Waals surface area contributed by atoms with Gasteiger partial charge in [-0.1, -0.05) is 30.3 Å². The average molecular weight is 412 g/mol. The van der Waals surface area contributed by atoms with Gasteiger partial charge < -0.3 is 15.1 Å². The molecule has 2 unspecified atom stereocenters. The summed E-state index contributed by atoms with van der Waals surface area (Å²) in [4.78, 5) is 50.9. The second-order valence-electron chi connectivity index (χ2n) is 6.92. The van der Waals surface area contributed by atoms with Gasteiger partial charge in [-0.05, 0) is 6.92 Å². The predicted molar refractivity (Wildman–Crippen MR) is 110 cm³/mol. The van der Waals surface area contributed by atoms with E-state index >= 15 is 0 Å². The van der Waals surface area contributed by atoms with Gasteiger partial charge in [0, 0.05) is 24.5 Å². The van der Waals surface area contributed by atoms with E-state index in [0.717, 1.165) is 21.0 Å². The van der Waals surface area contributed by atoms with Gasteiger partial charge in [-0.15, -0.1) is 11.3 Å². The number of carbonyl (C=O) groups excluding carboxylic acids is 3. The molecule has 2 atom stereocenters. The van der Waals surface area contributed by atoms with Gasteiger partial charge in [-0.2, -0.15) is 0 Å². The molecule has 29 heavy (non-hydrogen) atoms. The van der Waals surface area contributed by atoms with E-state index in [2.05, 4.69) is 15.3 Å². The van der Waals surface area contributed by atoms with Gasteiger partial charge in [-0.3, -0.25) is 14.5 Å². The molecule has 0 aliphatic carbocycles. The maximum absolute atomic E-state index is 12.6. The fourth-order valence-electron chi connectivity index (χ4n) is 3.48. The number of hydrogen-bond acceptors (Lipinski definition) is 7. The number of amides is 4. The first-order valence-corrected chi connectivity index (χ1v) is 9.84. The number of fused-ring (bicyclic) bond motifs is 1. The number of aryl methyl sites for hydroxylation is 1. The highest BCUT2D eigenvalue weighted by molar-refractivity contribution is 7.16. The summed E-state index contributed by atoms with van der Waals surface area (Å²) in [5.41, 5.74) is 1.82. The van der Waals surface area contributed by atoms with Crippen LogP contribution in [-0.2, 0) is 9.59 Å². The number of aromatic nitrogens is 1. The van der Waals surface area contributed by atoms with Gasteiger partial charge >= 0.3 is 6.03 Å². The van der Waals surface area contributed by atoms with E-state index in [1.165, 1.54) is 29.6 Å². The monoisotopic (exact) mass is 412 g/mol. The summed E-state index contributed by atoms with van der Waals surface area (Å²) in [7, 11) is 3.02. The molecule has 10 heteroatoms. The summed E-state index contributed by atoms with van der Waals surface area (Å²) in [6, 6.07) is 8.64. The zero-order chi connectivity index (χ0) is 20.7. The van der Waals surface area contributed by atoms with Crippen LogP contribution in [0.25, 0.3) is 11.3 Å². The number of anilines is 1. The van der Waals surface area contributed by atoms with Crippen LogP contribution >= 0.6 is 11.3 Å². The molecule has 9 nitrogen and oxygen atoms in total. The fraction of sp³-hybridized carbons (Fsp3) is 0.316. The normalized spacial score (nSPS) is 21.0. The van der Waals surface area contributed by atoms with Crippen LogP contribution < -0.4 is 5.32 Å². The number of rotatable bonds is 4. The zero-order valence-electron chi connectivity index (χ0n) is 16.2. The Hall–Kier alpha value is -3.27. The fourth-order valence-corrected chi connectivity index (χ4v) is 4.33. The molecule has 0 spiro atoms. The quantitative estimate of drug-likeness (QED) is 0.823. The standard InChI is InChI=1S/C19H20N6O3S/c1-11-14(12-7-5-4-6-8-12)22-18(29-11)21-13(26)9-25-10-20-16-15(25)17(27)24(3)19(28)23(16)2/h4-8,10,15-16H,9H2,1-3H3,(H,21,22,26). The van der Waals surface area contributed by atoms with Crippen LogP contribution in [0.1, 0.15) is 4.88 Å². The zero-order valence-corrected chi connectivity index (χ0v) is 17.0. The minimum atomic E-state index is -0.702. The van der Waals surface area contributed by atoms with Crippen LogP contribution in [-0.4, -0.2) is 76.7 Å². The van der Waals surface area contributed by atoms with Crippen LogP contribution in [0.3, 0.4) is 0 Å². The number of imide groups is 1. The number of nitrogens with zero attached hydrogens (tertiary/aromatic N) is 5. The SMILES string of the molecule is Cc1sc(NC(=O)CN2C=NC3C2C(=O)N(C)C(=O)N3C)nc1-c1ccccc1. The number of likely N-dealkylation sites (N-methyl/N-ethyl adjacent to an activating group) is 2. The first-order chi connectivity index (χ1) is 13.9. The lowest BCUT2D eigenvalue weighted by molar-refractivity contribution is -0.136. The predicted octanol–water partition coefficient (Wildman–Crippen LogP) is 1.62. The maximum atomic E-state index is 12.6. The lowest BCUT2D eigenvalue weighted by atomic mass is 10.1. The molecule has 4 rings (SSSR count). The number of thiazole rings is 1. The van der Waals surface area contributed by atoms with Gasteiger partial charge in [0.2, 0.25) is 5.91 Å². The van der Waals surface area contributed by atoms with Crippen LogP contribution in [0.2, 0.25) is 0 Å². The first-order valence-electron chi connectivity index (χ1n) is 9.03.